The minimum absolute atomic E-state index is 0.487. The number of aliphatic hydroxyl groups excluding tert-OH is 7. The van der Waals surface area contributed by atoms with E-state index in [-0.39, 0.29) is 0 Å². The molecule has 32 heavy (non-hydrogen) atoms. The summed E-state index contributed by atoms with van der Waals surface area (Å²) in [5.74, 6) is 0. The van der Waals surface area contributed by atoms with E-state index in [1.54, 1.807) is 30.3 Å². The highest BCUT2D eigenvalue weighted by Gasteiger charge is 2.48. The van der Waals surface area contributed by atoms with Gasteiger partial charge in [0.2, 0.25) is 0 Å². The highest BCUT2D eigenvalue weighted by molar-refractivity contribution is 5.22. The van der Waals surface area contributed by atoms with Crippen molar-refractivity contribution in [1.29, 1.82) is 5.26 Å². The summed E-state index contributed by atoms with van der Waals surface area (Å²) in [5, 5.41) is 79.1. The van der Waals surface area contributed by atoms with Crippen molar-refractivity contribution < 1.29 is 54.7 Å². The summed E-state index contributed by atoms with van der Waals surface area (Å²) in [6, 6.07) is 10.3. The number of hydrogen-bond acceptors (Lipinski definition) is 12. The Morgan fingerprint density at radius 1 is 0.812 bits per heavy atom. The molecule has 3 rings (SSSR count). The lowest BCUT2D eigenvalue weighted by Gasteiger charge is -2.43. The number of nitriles is 1. The van der Waals surface area contributed by atoms with Gasteiger partial charge in [0.15, 0.2) is 18.7 Å². The molecule has 7 N–H and O–H groups in total. The first kappa shape index (κ1) is 24.9. The van der Waals surface area contributed by atoms with Gasteiger partial charge >= 0.3 is 0 Å². The third-order valence-electron chi connectivity index (χ3n) is 5.43. The number of nitrogens with zero attached hydrogens (tertiary/aromatic N) is 1. The van der Waals surface area contributed by atoms with Crippen LogP contribution >= 0.6 is 0 Å². The van der Waals surface area contributed by atoms with Gasteiger partial charge in [-0.05, 0) is 5.56 Å². The van der Waals surface area contributed by atoms with Crippen molar-refractivity contribution in [3.8, 4) is 6.07 Å². The lowest BCUT2D eigenvalue weighted by atomic mass is 9.98. The molecule has 2 heterocycles. The highest BCUT2D eigenvalue weighted by Crippen LogP contribution is 2.28. The summed E-state index contributed by atoms with van der Waals surface area (Å²) in [7, 11) is 0. The average Bonchev–Trinajstić information content (AvgIpc) is 2.81. The molecule has 11 atom stereocenters. The van der Waals surface area contributed by atoms with Crippen LogP contribution in [0.3, 0.4) is 0 Å². The van der Waals surface area contributed by atoms with Crippen LogP contribution in [0.5, 0.6) is 0 Å². The molecule has 1 aromatic carbocycles. The molecule has 0 aliphatic carbocycles. The van der Waals surface area contributed by atoms with Crippen molar-refractivity contribution in [2.45, 2.75) is 67.5 Å². The topological polar surface area (TPSA) is 202 Å². The van der Waals surface area contributed by atoms with E-state index in [9.17, 15) is 41.0 Å². The van der Waals surface area contributed by atoms with E-state index in [0.717, 1.165) is 0 Å². The summed E-state index contributed by atoms with van der Waals surface area (Å²) in [6.45, 7) is -1.14. The molecule has 0 radical (unpaired) electrons. The van der Waals surface area contributed by atoms with Gasteiger partial charge in [-0.1, -0.05) is 30.3 Å². The molecule has 12 nitrogen and oxygen atoms in total. The Morgan fingerprint density at radius 3 is 1.97 bits per heavy atom. The Labute approximate surface area is 183 Å². The second kappa shape index (κ2) is 10.9. The fraction of sp³-hybridized carbons (Fsp3) is 0.650. The predicted octanol–water partition coefficient (Wildman–Crippen LogP) is -3.11. The molecule has 0 saturated carbocycles. The van der Waals surface area contributed by atoms with Crippen molar-refractivity contribution >= 4 is 0 Å². The Bertz CT molecular complexity index is 760. The van der Waals surface area contributed by atoms with Crippen molar-refractivity contribution in [2.75, 3.05) is 13.2 Å². The molecule has 2 fully saturated rings. The first-order valence-electron chi connectivity index (χ1n) is 10.00. The number of ether oxygens (including phenoxy) is 4. The first-order valence-corrected chi connectivity index (χ1v) is 10.00. The lowest BCUT2D eigenvalue weighted by molar-refractivity contribution is -0.334. The van der Waals surface area contributed by atoms with E-state index < -0.39 is 80.7 Å². The van der Waals surface area contributed by atoms with Gasteiger partial charge in [-0.3, -0.25) is 0 Å². The van der Waals surface area contributed by atoms with E-state index in [1.165, 1.54) is 0 Å². The van der Waals surface area contributed by atoms with E-state index in [2.05, 4.69) is 0 Å². The van der Waals surface area contributed by atoms with Gasteiger partial charge in [0, 0.05) is 0 Å². The van der Waals surface area contributed by atoms with Crippen LogP contribution in [0.1, 0.15) is 11.7 Å². The smallest absolute Gasteiger partial charge is 0.188 e. The molecule has 4 unspecified atom stereocenters. The largest absolute Gasteiger partial charge is 0.394 e. The summed E-state index contributed by atoms with van der Waals surface area (Å²) >= 11 is 0. The third-order valence-corrected chi connectivity index (χ3v) is 5.43. The summed E-state index contributed by atoms with van der Waals surface area (Å²) in [4.78, 5) is 0. The zero-order valence-electron chi connectivity index (χ0n) is 16.9. The van der Waals surface area contributed by atoms with Crippen molar-refractivity contribution in [3.05, 3.63) is 35.9 Å². The molecule has 2 aliphatic rings. The van der Waals surface area contributed by atoms with Crippen molar-refractivity contribution in [2.24, 2.45) is 0 Å². The number of benzene rings is 1. The van der Waals surface area contributed by atoms with Crippen molar-refractivity contribution in [1.82, 2.24) is 0 Å². The maximum Gasteiger partial charge on any atom is 0.188 e. The summed E-state index contributed by atoms with van der Waals surface area (Å²) in [6.07, 6.45) is -16.5. The van der Waals surface area contributed by atoms with Gasteiger partial charge in [-0.2, -0.15) is 5.26 Å². The number of aliphatic hydroxyl groups is 7. The second-order valence-electron chi connectivity index (χ2n) is 7.60. The molecule has 2 aliphatic heterocycles. The Morgan fingerprint density at radius 2 is 1.38 bits per heavy atom. The molecule has 0 spiro atoms. The van der Waals surface area contributed by atoms with Crippen LogP contribution in [-0.2, 0) is 18.9 Å². The van der Waals surface area contributed by atoms with Crippen LogP contribution in [0, 0.1) is 11.3 Å². The van der Waals surface area contributed by atoms with Gasteiger partial charge in [0.1, 0.15) is 48.8 Å². The fourth-order valence-electron chi connectivity index (χ4n) is 3.51. The average molecular weight is 457 g/mol. The minimum Gasteiger partial charge on any atom is -0.394 e. The first-order chi connectivity index (χ1) is 15.3. The van der Waals surface area contributed by atoms with E-state index in [0.29, 0.717) is 5.56 Å². The van der Waals surface area contributed by atoms with Crippen LogP contribution in [-0.4, -0.2) is 110 Å². The fourth-order valence-corrected chi connectivity index (χ4v) is 3.51. The lowest BCUT2D eigenvalue weighted by Crippen LogP contribution is -2.61. The molecule has 2 saturated heterocycles. The molecule has 0 bridgehead atoms. The Hall–Kier alpha value is -1.73. The van der Waals surface area contributed by atoms with Gasteiger partial charge in [0.25, 0.3) is 0 Å². The van der Waals surface area contributed by atoms with Crippen LogP contribution in [0.15, 0.2) is 30.3 Å². The maximum absolute atomic E-state index is 10.3. The molecule has 12 heteroatoms. The van der Waals surface area contributed by atoms with Gasteiger partial charge in [-0.25, -0.2) is 0 Å². The van der Waals surface area contributed by atoms with Crippen LogP contribution in [0.25, 0.3) is 0 Å². The molecule has 1 aromatic rings. The molecule has 0 amide bonds. The van der Waals surface area contributed by atoms with Crippen LogP contribution < -0.4 is 0 Å². The van der Waals surface area contributed by atoms with Crippen LogP contribution in [0.4, 0.5) is 0 Å². The third kappa shape index (κ3) is 5.25. The van der Waals surface area contributed by atoms with Gasteiger partial charge in [-0.15, -0.1) is 0 Å². The molecular formula is C20H27NO11. The highest BCUT2D eigenvalue weighted by atomic mass is 16.7. The van der Waals surface area contributed by atoms with Crippen molar-refractivity contribution in [3.63, 3.8) is 0 Å². The van der Waals surface area contributed by atoms with E-state index >= 15 is 0 Å². The zero-order chi connectivity index (χ0) is 23.4. The predicted molar refractivity (Wildman–Crippen MR) is 102 cm³/mol. The Kier molecular flexibility index (Phi) is 8.50. The molecule has 0 aromatic heterocycles. The van der Waals surface area contributed by atoms with E-state index in [1.807, 2.05) is 6.07 Å². The zero-order valence-corrected chi connectivity index (χ0v) is 16.9. The monoisotopic (exact) mass is 457 g/mol. The SMILES string of the molecule is N#C[C@@H](O[C@@H]1OC(CO[C@@H]2OC(CO)[C@@H](O)C(O)[C@@H]2O)[C@@H](O)C(O)[C@@H]1O)c1ccccc1. The number of hydrogen-bond donors (Lipinski definition) is 7. The standard InChI is InChI=1S/C20H27NO11/c21-6-10(9-4-2-1-3-5-9)30-20-18(28)16(26)14(24)12(32-20)8-29-19-17(27)15(25)13(23)11(7-22)31-19/h1-5,10-20,22-28H,7-8H2/t10-,11?,12?,13-,14-,15?,16?,17+,18+,19-,20-/m1/s1. The minimum atomic E-state index is -1.70. The second-order valence-corrected chi connectivity index (χ2v) is 7.60. The summed E-state index contributed by atoms with van der Waals surface area (Å²) in [5.41, 5.74) is 0.487. The van der Waals surface area contributed by atoms with Crippen LogP contribution in [0.2, 0.25) is 0 Å². The summed E-state index contributed by atoms with van der Waals surface area (Å²) < 4.78 is 21.6. The molecular weight excluding hydrogens is 430 g/mol. The number of rotatable bonds is 7. The van der Waals surface area contributed by atoms with Gasteiger partial charge in [0.05, 0.1) is 19.3 Å². The normalized spacial score (nSPS) is 41.1. The maximum atomic E-state index is 10.3. The van der Waals surface area contributed by atoms with E-state index in [4.69, 9.17) is 18.9 Å². The Balaban J connectivity index is 1.65. The quantitative estimate of drug-likeness (QED) is 0.218. The van der Waals surface area contributed by atoms with Gasteiger partial charge < -0.3 is 54.7 Å². The molecule has 178 valence electrons.